The number of pyridine rings is 2. The molecule has 25 heavy (non-hydrogen) atoms. The third kappa shape index (κ3) is 5.14. The fraction of sp³-hybridized carbons (Fsp3) is 0.565. The molecule has 2 nitrogen and oxygen atoms in total. The van der Waals surface area contributed by atoms with Crippen LogP contribution in [0.5, 0.6) is 0 Å². The molecule has 1 unspecified atom stereocenters. The molecule has 0 radical (unpaired) electrons. The van der Waals surface area contributed by atoms with Crippen molar-refractivity contribution >= 4 is 0 Å². The summed E-state index contributed by atoms with van der Waals surface area (Å²) in [7, 11) is 0. The molecule has 136 valence electrons. The topological polar surface area (TPSA) is 25.8 Å². The summed E-state index contributed by atoms with van der Waals surface area (Å²) in [5.41, 5.74) is 6.47. The number of hydrogen-bond acceptors (Lipinski definition) is 2. The van der Waals surface area contributed by atoms with Gasteiger partial charge in [0.2, 0.25) is 0 Å². The first-order valence-corrected chi connectivity index (χ1v) is 9.71. The van der Waals surface area contributed by atoms with Crippen LogP contribution in [0.1, 0.15) is 106 Å². The van der Waals surface area contributed by atoms with Gasteiger partial charge in [-0.3, -0.25) is 9.97 Å². The maximum atomic E-state index is 4.73. The normalized spacial score (nSPS) is 14.1. The Kier molecular flexibility index (Phi) is 6.75. The van der Waals surface area contributed by atoms with Crippen LogP contribution in [0.25, 0.3) is 0 Å². The smallest absolute Gasteiger partial charge is 0.0434 e. The first kappa shape index (κ1) is 19.6. The van der Waals surface area contributed by atoms with Crippen molar-refractivity contribution in [2.24, 2.45) is 0 Å². The molecule has 2 atom stereocenters. The van der Waals surface area contributed by atoms with Crippen LogP contribution < -0.4 is 0 Å². The monoisotopic (exact) mass is 338 g/mol. The van der Waals surface area contributed by atoms with E-state index in [1.165, 1.54) is 28.1 Å². The van der Waals surface area contributed by atoms with Gasteiger partial charge in [-0.05, 0) is 72.3 Å². The van der Waals surface area contributed by atoms with E-state index < -0.39 is 0 Å². The second kappa shape index (κ2) is 8.60. The minimum Gasteiger partial charge on any atom is -0.261 e. The van der Waals surface area contributed by atoms with E-state index in [9.17, 15) is 0 Å². The number of hydrogen-bond donors (Lipinski definition) is 0. The number of aromatic nitrogens is 2. The zero-order valence-electron chi connectivity index (χ0n) is 17.0. The van der Waals surface area contributed by atoms with Gasteiger partial charge in [-0.15, -0.1) is 0 Å². The summed E-state index contributed by atoms with van der Waals surface area (Å²) >= 11 is 0. The second-order valence-electron chi connectivity index (χ2n) is 8.17. The van der Waals surface area contributed by atoms with Crippen molar-refractivity contribution < 1.29 is 0 Å². The summed E-state index contributed by atoms with van der Waals surface area (Å²) in [4.78, 5) is 9.34. The second-order valence-corrected chi connectivity index (χ2v) is 8.17. The van der Waals surface area contributed by atoms with E-state index in [0.29, 0.717) is 23.7 Å². The van der Waals surface area contributed by atoms with Gasteiger partial charge in [0.1, 0.15) is 0 Å². The molecule has 0 saturated heterocycles. The lowest BCUT2D eigenvalue weighted by Crippen LogP contribution is -2.04. The Balaban J connectivity index is 1.96. The first-order valence-electron chi connectivity index (χ1n) is 9.71. The average Bonchev–Trinajstić information content (AvgIpc) is 2.58. The van der Waals surface area contributed by atoms with Gasteiger partial charge < -0.3 is 0 Å². The van der Waals surface area contributed by atoms with Crippen molar-refractivity contribution in [1.82, 2.24) is 9.97 Å². The molecule has 0 spiro atoms. The van der Waals surface area contributed by atoms with Crippen molar-refractivity contribution in [3.63, 3.8) is 0 Å². The van der Waals surface area contributed by atoms with E-state index in [1.807, 2.05) is 0 Å². The summed E-state index contributed by atoms with van der Waals surface area (Å²) in [5, 5.41) is 0. The van der Waals surface area contributed by atoms with E-state index in [1.54, 1.807) is 0 Å². The minimum atomic E-state index is 0.491. The largest absolute Gasteiger partial charge is 0.261 e. The number of nitrogens with zero attached hydrogens (tertiary/aromatic N) is 2. The molecule has 0 bridgehead atoms. The molecular weight excluding hydrogens is 304 g/mol. The highest BCUT2D eigenvalue weighted by Crippen LogP contribution is 2.28. The van der Waals surface area contributed by atoms with Gasteiger partial charge in [0.15, 0.2) is 0 Å². The molecule has 2 aromatic rings. The lowest BCUT2D eigenvalue weighted by atomic mass is 9.90. The number of rotatable bonds is 7. The fourth-order valence-electron chi connectivity index (χ4n) is 3.33. The zero-order valence-corrected chi connectivity index (χ0v) is 17.0. The average molecular weight is 339 g/mol. The van der Waals surface area contributed by atoms with Crippen LogP contribution in [0.15, 0.2) is 30.6 Å². The van der Waals surface area contributed by atoms with Gasteiger partial charge in [0.25, 0.3) is 0 Å². The fourth-order valence-corrected chi connectivity index (χ4v) is 3.33. The van der Waals surface area contributed by atoms with Gasteiger partial charge in [0.05, 0.1) is 0 Å². The molecule has 2 heterocycles. The van der Waals surface area contributed by atoms with Crippen LogP contribution in [-0.2, 0) is 0 Å². The third-order valence-electron chi connectivity index (χ3n) is 5.30. The van der Waals surface area contributed by atoms with Gasteiger partial charge in [0, 0.05) is 23.8 Å². The predicted molar refractivity (Wildman–Crippen MR) is 107 cm³/mol. The van der Waals surface area contributed by atoms with Gasteiger partial charge in [-0.1, -0.05) is 47.6 Å². The SMILES string of the molecule is Cc1cc(C(C)CC[C@@H](C)c2ccc(C(C)C)nc2)ncc1C(C)C. The summed E-state index contributed by atoms with van der Waals surface area (Å²) in [6.07, 6.45) is 6.45. The molecule has 0 saturated carbocycles. The zero-order chi connectivity index (χ0) is 18.6. The summed E-state index contributed by atoms with van der Waals surface area (Å²) in [6, 6.07) is 6.70. The molecule has 0 aliphatic heterocycles. The molecule has 0 aromatic carbocycles. The molecular formula is C23H34N2. The molecule has 2 heteroatoms. The van der Waals surface area contributed by atoms with Crippen molar-refractivity contribution in [3.8, 4) is 0 Å². The molecule has 0 amide bonds. The van der Waals surface area contributed by atoms with Crippen LogP contribution in [0.4, 0.5) is 0 Å². The molecule has 2 aromatic heterocycles. The Morgan fingerprint density at radius 3 is 1.92 bits per heavy atom. The highest BCUT2D eigenvalue weighted by Gasteiger charge is 2.14. The van der Waals surface area contributed by atoms with E-state index in [2.05, 4.69) is 84.0 Å². The lowest BCUT2D eigenvalue weighted by molar-refractivity contribution is 0.563. The van der Waals surface area contributed by atoms with Crippen molar-refractivity contribution in [2.75, 3.05) is 0 Å². The molecule has 0 fully saturated rings. The van der Waals surface area contributed by atoms with Crippen LogP contribution in [0.3, 0.4) is 0 Å². The molecule has 0 aliphatic carbocycles. The summed E-state index contributed by atoms with van der Waals surface area (Å²) in [6.45, 7) is 15.6. The highest BCUT2D eigenvalue weighted by atomic mass is 14.7. The Labute approximate surface area is 154 Å². The van der Waals surface area contributed by atoms with E-state index in [4.69, 9.17) is 4.98 Å². The Morgan fingerprint density at radius 2 is 1.40 bits per heavy atom. The van der Waals surface area contributed by atoms with Crippen LogP contribution >= 0.6 is 0 Å². The van der Waals surface area contributed by atoms with Gasteiger partial charge in [-0.25, -0.2) is 0 Å². The Hall–Kier alpha value is -1.70. The van der Waals surface area contributed by atoms with Crippen LogP contribution in [0.2, 0.25) is 0 Å². The summed E-state index contributed by atoms with van der Waals surface area (Å²) in [5.74, 6) is 2.06. The minimum absolute atomic E-state index is 0.491. The van der Waals surface area contributed by atoms with E-state index in [-0.39, 0.29) is 0 Å². The maximum Gasteiger partial charge on any atom is 0.0434 e. The van der Waals surface area contributed by atoms with Gasteiger partial charge >= 0.3 is 0 Å². The quantitative estimate of drug-likeness (QED) is 0.560. The van der Waals surface area contributed by atoms with Gasteiger partial charge in [-0.2, -0.15) is 0 Å². The Morgan fingerprint density at radius 1 is 0.760 bits per heavy atom. The molecule has 0 aliphatic rings. The maximum absolute atomic E-state index is 4.73. The van der Waals surface area contributed by atoms with E-state index >= 15 is 0 Å². The highest BCUT2D eigenvalue weighted by molar-refractivity contribution is 5.29. The summed E-state index contributed by atoms with van der Waals surface area (Å²) < 4.78 is 0. The lowest BCUT2D eigenvalue weighted by Gasteiger charge is -2.18. The van der Waals surface area contributed by atoms with Crippen LogP contribution in [0, 0.1) is 6.92 Å². The van der Waals surface area contributed by atoms with Crippen LogP contribution in [-0.4, -0.2) is 9.97 Å². The first-order chi connectivity index (χ1) is 11.8. The van der Waals surface area contributed by atoms with Crippen molar-refractivity contribution in [1.29, 1.82) is 0 Å². The third-order valence-corrected chi connectivity index (χ3v) is 5.30. The standard InChI is InChI=1S/C23H34N2/c1-15(2)21-14-25-23(12-19(21)7)18(6)9-8-17(5)20-10-11-22(16(3)4)24-13-20/h10-18H,8-9H2,1-7H3/t17-,18?/m1/s1. The predicted octanol–water partition coefficient (Wildman–Crippen LogP) is 6.72. The van der Waals surface area contributed by atoms with Crippen molar-refractivity contribution in [2.45, 2.75) is 85.0 Å². The molecule has 0 N–H and O–H groups in total. The Bertz CT molecular complexity index is 671. The molecule has 2 rings (SSSR count). The number of aryl methyl sites for hydroxylation is 1. The van der Waals surface area contributed by atoms with Crippen molar-refractivity contribution in [3.05, 3.63) is 58.7 Å². The van der Waals surface area contributed by atoms with E-state index in [0.717, 1.165) is 12.8 Å².